The minimum atomic E-state index is 0. The molecule has 0 aliphatic carbocycles. The topological polar surface area (TPSA) is 70.0 Å². The molecule has 0 fully saturated rings. The Balaban J connectivity index is 0.000000267. The van der Waals surface area contributed by atoms with Crippen molar-refractivity contribution in [1.29, 1.82) is 0 Å². The first-order chi connectivity index (χ1) is 18.3. The van der Waals surface area contributed by atoms with Gasteiger partial charge in [-0.15, -0.1) is 23.2 Å². The van der Waals surface area contributed by atoms with Crippen LogP contribution in [0.5, 0.6) is 11.8 Å². The van der Waals surface area contributed by atoms with Crippen LogP contribution in [0.3, 0.4) is 0 Å². The molecule has 4 rings (SSSR count). The fourth-order valence-electron chi connectivity index (χ4n) is 3.07. The van der Waals surface area contributed by atoms with E-state index in [1.54, 1.807) is 0 Å². The van der Waals surface area contributed by atoms with E-state index in [9.17, 15) is 0 Å². The van der Waals surface area contributed by atoms with Crippen LogP contribution in [0.1, 0.15) is 40.5 Å². The Bertz CT molecular complexity index is 1160. The summed E-state index contributed by atoms with van der Waals surface area (Å²) in [6, 6.07) is 25.0. The third-order valence-corrected chi connectivity index (χ3v) is 5.53. The summed E-state index contributed by atoms with van der Waals surface area (Å²) in [6.07, 6.45) is 1.94. The zero-order valence-corrected chi connectivity index (χ0v) is 25.7. The van der Waals surface area contributed by atoms with Crippen LogP contribution < -0.4 is 9.47 Å². The van der Waals surface area contributed by atoms with Gasteiger partial charge in [0.25, 0.3) is 0 Å². The summed E-state index contributed by atoms with van der Waals surface area (Å²) in [5, 5.41) is 0.543. The molecular formula is C30H32Cl2N4O2Ti. The molecule has 0 atom stereocenters. The maximum absolute atomic E-state index is 5.95. The quantitative estimate of drug-likeness (QED) is 0.104. The Labute approximate surface area is 256 Å². The molecule has 0 unspecified atom stereocenters. The van der Waals surface area contributed by atoms with Crippen LogP contribution in [0.15, 0.2) is 60.7 Å². The molecule has 9 heteroatoms. The van der Waals surface area contributed by atoms with Gasteiger partial charge in [0.2, 0.25) is 0 Å². The van der Waals surface area contributed by atoms with Crippen LogP contribution in [0, 0.1) is 24.0 Å². The summed E-state index contributed by atoms with van der Waals surface area (Å²) >= 11 is 11.9. The number of halogens is 2. The van der Waals surface area contributed by atoms with Crippen molar-refractivity contribution in [2.45, 2.75) is 40.5 Å². The van der Waals surface area contributed by atoms with Gasteiger partial charge in [-0.1, -0.05) is 88.4 Å². The predicted molar refractivity (Wildman–Crippen MR) is 153 cm³/mol. The van der Waals surface area contributed by atoms with Gasteiger partial charge in [0.05, 0.1) is 13.2 Å². The van der Waals surface area contributed by atoms with Gasteiger partial charge >= 0.3 is 21.7 Å². The van der Waals surface area contributed by atoms with Crippen molar-refractivity contribution in [1.82, 2.24) is 19.9 Å². The molecule has 0 radical (unpaired) electrons. The monoisotopic (exact) mass is 598 g/mol. The summed E-state index contributed by atoms with van der Waals surface area (Å²) in [4.78, 5) is 17.0. The van der Waals surface area contributed by atoms with Gasteiger partial charge in [-0.3, -0.25) is 9.97 Å². The number of aromatic nitrogens is 4. The van der Waals surface area contributed by atoms with Gasteiger partial charge in [-0.25, -0.2) is 9.97 Å². The zero-order chi connectivity index (χ0) is 27.3. The Kier molecular flexibility index (Phi) is 14.5. The Morgan fingerprint density at radius 3 is 1.31 bits per heavy atom. The van der Waals surface area contributed by atoms with E-state index in [2.05, 4.69) is 59.8 Å². The van der Waals surface area contributed by atoms with E-state index in [-0.39, 0.29) is 32.0 Å². The number of nitrogens with zero attached hydrogens (tertiary/aromatic N) is 4. The first-order valence-corrected chi connectivity index (χ1v) is 13.4. The van der Waals surface area contributed by atoms with Crippen LogP contribution in [0.4, 0.5) is 0 Å². The molecule has 0 saturated carbocycles. The van der Waals surface area contributed by atoms with Gasteiger partial charge in [0.15, 0.2) is 11.6 Å². The van der Waals surface area contributed by atoms with Crippen LogP contribution in [0.25, 0.3) is 22.8 Å². The molecule has 0 spiro atoms. The van der Waals surface area contributed by atoms with Gasteiger partial charge in [-0.2, -0.15) is 0 Å². The number of hydrogen-bond donors (Lipinski definition) is 0. The van der Waals surface area contributed by atoms with E-state index in [0.29, 0.717) is 48.5 Å². The van der Waals surface area contributed by atoms with E-state index in [1.165, 1.54) is 0 Å². The van der Waals surface area contributed by atoms with Crippen molar-refractivity contribution in [3.8, 4) is 34.5 Å². The largest absolute Gasteiger partial charge is 2.00 e. The molecule has 0 aliphatic heterocycles. The molecule has 0 amide bonds. The predicted octanol–water partition coefficient (Wildman–Crippen LogP) is 8.04. The zero-order valence-electron chi connectivity index (χ0n) is 22.6. The van der Waals surface area contributed by atoms with E-state index in [4.69, 9.17) is 32.7 Å². The Morgan fingerprint density at radius 2 is 0.974 bits per heavy atom. The average Bonchev–Trinajstić information content (AvgIpc) is 2.89. The summed E-state index contributed by atoms with van der Waals surface area (Å²) in [7, 11) is 0. The average molecular weight is 599 g/mol. The van der Waals surface area contributed by atoms with Crippen LogP contribution >= 0.6 is 23.2 Å². The second kappa shape index (κ2) is 17.2. The maximum atomic E-state index is 5.95. The molecule has 4 aromatic rings. The first-order valence-electron chi connectivity index (χ1n) is 12.6. The smallest absolute Gasteiger partial charge is 0.512 e. The molecule has 0 aliphatic rings. The molecule has 2 aromatic heterocycles. The van der Waals surface area contributed by atoms with Crippen molar-refractivity contribution < 1.29 is 31.2 Å². The number of benzene rings is 2. The number of ether oxygens (including phenoxy) is 2. The second-order valence-corrected chi connectivity index (χ2v) is 10.0. The van der Waals surface area contributed by atoms with Crippen LogP contribution in [-0.4, -0.2) is 33.1 Å². The molecule has 202 valence electrons. The van der Waals surface area contributed by atoms with Gasteiger partial charge < -0.3 is 21.6 Å². The molecule has 6 nitrogen and oxygen atoms in total. The van der Waals surface area contributed by atoms with E-state index < -0.39 is 0 Å². The Hall–Kier alpha value is -2.51. The standard InChI is InChI=1S/2C15H16ClN2O.Ti/c2*1-11(2)8-9-19-14-10-13(16)17-15(18-14)12-6-4-3-5-7-12;/h2*3-7,11H,8-9H2,1-2H3;/q2*-1;+2. The molecular weight excluding hydrogens is 567 g/mol. The molecule has 0 bridgehead atoms. The minimum Gasteiger partial charge on any atom is -0.512 e. The van der Waals surface area contributed by atoms with Crippen molar-refractivity contribution in [2.75, 3.05) is 13.2 Å². The van der Waals surface area contributed by atoms with Crippen molar-refractivity contribution >= 4 is 23.2 Å². The van der Waals surface area contributed by atoms with Gasteiger partial charge in [0.1, 0.15) is 0 Å². The number of hydrogen-bond acceptors (Lipinski definition) is 6. The van der Waals surface area contributed by atoms with E-state index >= 15 is 0 Å². The molecule has 2 aromatic carbocycles. The molecule has 0 N–H and O–H groups in total. The van der Waals surface area contributed by atoms with Crippen molar-refractivity contribution in [3.63, 3.8) is 0 Å². The third kappa shape index (κ3) is 12.0. The second-order valence-electron chi connectivity index (χ2n) is 9.33. The fraction of sp³-hybridized carbons (Fsp3) is 0.333. The minimum absolute atomic E-state index is 0. The van der Waals surface area contributed by atoms with E-state index in [1.807, 2.05) is 60.7 Å². The van der Waals surface area contributed by atoms with Crippen molar-refractivity contribution in [2.24, 2.45) is 11.8 Å². The summed E-state index contributed by atoms with van der Waals surface area (Å²) in [5.74, 6) is 3.10. The molecule has 0 saturated heterocycles. The van der Waals surface area contributed by atoms with Crippen LogP contribution in [0.2, 0.25) is 10.3 Å². The normalized spacial score (nSPS) is 10.5. The van der Waals surface area contributed by atoms with Crippen molar-refractivity contribution in [3.05, 3.63) is 83.1 Å². The summed E-state index contributed by atoms with van der Waals surface area (Å²) in [5.41, 5.74) is 1.82. The van der Waals surface area contributed by atoms with Gasteiger partial charge in [0, 0.05) is 22.9 Å². The number of rotatable bonds is 10. The Morgan fingerprint density at radius 1 is 0.615 bits per heavy atom. The SMILES string of the molecule is CC(C)CCOc1[c-]c(Cl)nc(-c2ccccc2)n1.CC(C)CCOc1[c-]c(Cl)nc(-c2ccccc2)n1.[Ti+2]. The fourth-order valence-corrected chi connectivity index (χ4v) is 3.39. The first kappa shape index (κ1) is 32.7. The van der Waals surface area contributed by atoms with Gasteiger partial charge in [-0.05, 0) is 35.0 Å². The molecule has 39 heavy (non-hydrogen) atoms. The van der Waals surface area contributed by atoms with Crippen LogP contribution in [-0.2, 0) is 21.7 Å². The molecule has 2 heterocycles. The third-order valence-electron chi connectivity index (χ3n) is 5.18. The summed E-state index contributed by atoms with van der Waals surface area (Å²) < 4.78 is 11.1. The van der Waals surface area contributed by atoms with E-state index in [0.717, 1.165) is 24.0 Å². The maximum Gasteiger partial charge on any atom is 2.00 e. The summed E-state index contributed by atoms with van der Waals surface area (Å²) in [6.45, 7) is 9.81.